The number of urea groups is 1. The van der Waals surface area contributed by atoms with Gasteiger partial charge in [-0.25, -0.2) is 4.79 Å². The van der Waals surface area contributed by atoms with Crippen LogP contribution in [0.1, 0.15) is 24.5 Å². The molecule has 2 heterocycles. The quantitative estimate of drug-likeness (QED) is 0.722. The van der Waals surface area contributed by atoms with Crippen LogP contribution in [0.3, 0.4) is 0 Å². The van der Waals surface area contributed by atoms with Crippen molar-refractivity contribution in [3.63, 3.8) is 0 Å². The number of carbonyl (C=O) groups excluding carboxylic acids is 1. The van der Waals surface area contributed by atoms with E-state index in [9.17, 15) is 9.90 Å². The van der Waals surface area contributed by atoms with Gasteiger partial charge in [0.15, 0.2) is 0 Å². The third-order valence-corrected chi connectivity index (χ3v) is 3.60. The van der Waals surface area contributed by atoms with Gasteiger partial charge in [0, 0.05) is 6.54 Å². The van der Waals surface area contributed by atoms with Gasteiger partial charge in [-0.1, -0.05) is 0 Å². The Morgan fingerprint density at radius 1 is 1.26 bits per heavy atom. The van der Waals surface area contributed by atoms with Crippen molar-refractivity contribution in [2.45, 2.75) is 18.6 Å². The molecule has 2 aromatic rings. The molecule has 0 bridgehead atoms. The van der Waals surface area contributed by atoms with E-state index in [1.54, 1.807) is 25.3 Å². The van der Waals surface area contributed by atoms with E-state index in [4.69, 9.17) is 8.83 Å². The van der Waals surface area contributed by atoms with Crippen LogP contribution in [0.4, 0.5) is 4.79 Å². The highest BCUT2D eigenvalue weighted by molar-refractivity contribution is 5.73. The second kappa shape index (κ2) is 7.34. The number of rotatable bonds is 7. The molecule has 0 radical (unpaired) electrons. The van der Waals surface area contributed by atoms with Crippen LogP contribution in [0, 0.1) is 0 Å². The van der Waals surface area contributed by atoms with Crippen LogP contribution in [0.5, 0.6) is 0 Å². The van der Waals surface area contributed by atoms with Gasteiger partial charge in [0.2, 0.25) is 0 Å². The Morgan fingerprint density at radius 3 is 2.52 bits per heavy atom. The lowest BCUT2D eigenvalue weighted by atomic mass is 10.0. The lowest BCUT2D eigenvalue weighted by molar-refractivity contribution is 0.0367. The second-order valence-electron chi connectivity index (χ2n) is 5.81. The van der Waals surface area contributed by atoms with Crippen LogP contribution in [0.25, 0.3) is 0 Å². The first kappa shape index (κ1) is 17.1. The van der Waals surface area contributed by atoms with Gasteiger partial charge in [-0.2, -0.15) is 0 Å². The van der Waals surface area contributed by atoms with Gasteiger partial charge in [0.05, 0.1) is 25.1 Å². The molecule has 126 valence electrons. The van der Waals surface area contributed by atoms with E-state index in [-0.39, 0.29) is 18.6 Å². The van der Waals surface area contributed by atoms with Crippen molar-refractivity contribution in [2.24, 2.45) is 0 Å². The van der Waals surface area contributed by atoms with E-state index in [0.29, 0.717) is 12.3 Å². The summed E-state index contributed by atoms with van der Waals surface area (Å²) >= 11 is 0. The zero-order valence-corrected chi connectivity index (χ0v) is 13.6. The number of hydrogen-bond donors (Lipinski definition) is 3. The lowest BCUT2D eigenvalue weighted by Crippen LogP contribution is -2.45. The molecule has 0 aliphatic rings. The Bertz CT molecular complexity index is 591. The van der Waals surface area contributed by atoms with Crippen molar-refractivity contribution < 1.29 is 18.7 Å². The molecule has 0 spiro atoms. The summed E-state index contributed by atoms with van der Waals surface area (Å²) in [6.45, 7) is 2.01. The van der Waals surface area contributed by atoms with Gasteiger partial charge in [-0.05, 0) is 45.3 Å². The number of nitrogens with one attached hydrogen (secondary N) is 2. The fourth-order valence-electron chi connectivity index (χ4n) is 2.19. The fraction of sp³-hybridized carbons (Fsp3) is 0.438. The summed E-state index contributed by atoms with van der Waals surface area (Å²) in [5.74, 6) is 1.18. The maximum atomic E-state index is 11.9. The van der Waals surface area contributed by atoms with Crippen molar-refractivity contribution in [2.75, 3.05) is 27.2 Å². The number of aliphatic hydroxyl groups is 1. The molecule has 7 nitrogen and oxygen atoms in total. The molecule has 0 saturated carbocycles. The zero-order chi connectivity index (χ0) is 16.9. The van der Waals surface area contributed by atoms with Gasteiger partial charge in [-0.3, -0.25) is 4.90 Å². The normalized spacial score (nSPS) is 15.2. The van der Waals surface area contributed by atoms with Crippen molar-refractivity contribution in [1.29, 1.82) is 0 Å². The van der Waals surface area contributed by atoms with E-state index >= 15 is 0 Å². The Kier molecular flexibility index (Phi) is 5.46. The van der Waals surface area contributed by atoms with Gasteiger partial charge in [0.1, 0.15) is 17.1 Å². The van der Waals surface area contributed by atoms with Crippen molar-refractivity contribution in [1.82, 2.24) is 15.5 Å². The molecule has 2 amide bonds. The minimum atomic E-state index is -1.26. The Balaban J connectivity index is 1.83. The summed E-state index contributed by atoms with van der Waals surface area (Å²) in [5, 5.41) is 15.7. The van der Waals surface area contributed by atoms with E-state index in [1.165, 1.54) is 6.26 Å². The van der Waals surface area contributed by atoms with Crippen molar-refractivity contribution >= 4 is 6.03 Å². The maximum absolute atomic E-state index is 11.9. The second-order valence-corrected chi connectivity index (χ2v) is 5.81. The fourth-order valence-corrected chi connectivity index (χ4v) is 2.19. The SMILES string of the molecule is CN(C)C(CNC(=O)NCC(C)(O)c1ccco1)c1ccco1. The monoisotopic (exact) mass is 321 g/mol. The topological polar surface area (TPSA) is 90.9 Å². The number of likely N-dealkylation sites (N-methyl/N-ethyl adjacent to an activating group) is 1. The third kappa shape index (κ3) is 4.61. The molecule has 0 fully saturated rings. The zero-order valence-electron chi connectivity index (χ0n) is 13.6. The summed E-state index contributed by atoms with van der Waals surface area (Å²) in [7, 11) is 3.82. The lowest BCUT2D eigenvalue weighted by Gasteiger charge is -2.24. The minimum absolute atomic E-state index is 0.0414. The smallest absolute Gasteiger partial charge is 0.314 e. The molecular weight excluding hydrogens is 298 g/mol. The Labute approximate surface area is 135 Å². The molecular formula is C16H23N3O4. The average molecular weight is 321 g/mol. The van der Waals surface area contributed by atoms with E-state index in [1.807, 2.05) is 31.1 Å². The molecule has 0 aliphatic heterocycles. The molecule has 7 heteroatoms. The summed E-state index contributed by atoms with van der Waals surface area (Å²) < 4.78 is 10.6. The largest absolute Gasteiger partial charge is 0.468 e. The maximum Gasteiger partial charge on any atom is 0.314 e. The molecule has 0 saturated heterocycles. The predicted molar refractivity (Wildman–Crippen MR) is 84.8 cm³/mol. The molecule has 2 atom stereocenters. The summed E-state index contributed by atoms with van der Waals surface area (Å²) in [6.07, 6.45) is 3.08. The first-order valence-corrected chi connectivity index (χ1v) is 7.38. The predicted octanol–water partition coefficient (Wildman–Crippen LogP) is 1.68. The standard InChI is InChI=1S/C16H23N3O4/c1-16(21,14-7-5-9-23-14)11-18-15(20)17-10-12(19(2)3)13-6-4-8-22-13/h4-9,12,21H,10-11H2,1-3H3,(H2,17,18,20). The van der Waals surface area contributed by atoms with E-state index < -0.39 is 5.60 Å². The summed E-state index contributed by atoms with van der Waals surface area (Å²) in [6, 6.07) is 6.60. The summed E-state index contributed by atoms with van der Waals surface area (Å²) in [5.41, 5.74) is -1.26. The van der Waals surface area contributed by atoms with Crippen LogP contribution in [0.15, 0.2) is 45.6 Å². The van der Waals surface area contributed by atoms with Gasteiger partial charge in [-0.15, -0.1) is 0 Å². The molecule has 23 heavy (non-hydrogen) atoms. The van der Waals surface area contributed by atoms with Crippen molar-refractivity contribution in [3.8, 4) is 0 Å². The highest BCUT2D eigenvalue weighted by Crippen LogP contribution is 2.20. The van der Waals surface area contributed by atoms with Crippen LogP contribution in [-0.4, -0.2) is 43.2 Å². The Morgan fingerprint density at radius 2 is 1.96 bits per heavy atom. The average Bonchev–Trinajstić information content (AvgIpc) is 3.18. The van der Waals surface area contributed by atoms with Gasteiger partial charge >= 0.3 is 6.03 Å². The summed E-state index contributed by atoms with van der Waals surface area (Å²) in [4.78, 5) is 13.9. The van der Waals surface area contributed by atoms with Crippen LogP contribution in [0.2, 0.25) is 0 Å². The Hall–Kier alpha value is -2.25. The molecule has 3 N–H and O–H groups in total. The van der Waals surface area contributed by atoms with Crippen LogP contribution >= 0.6 is 0 Å². The van der Waals surface area contributed by atoms with Gasteiger partial charge < -0.3 is 24.6 Å². The molecule has 2 unspecified atom stereocenters. The first-order chi connectivity index (χ1) is 10.9. The number of nitrogens with zero attached hydrogens (tertiary/aromatic N) is 1. The highest BCUT2D eigenvalue weighted by Gasteiger charge is 2.27. The molecule has 0 aliphatic carbocycles. The highest BCUT2D eigenvalue weighted by atomic mass is 16.4. The molecule has 2 aromatic heterocycles. The van der Waals surface area contributed by atoms with Crippen LogP contribution < -0.4 is 10.6 Å². The van der Waals surface area contributed by atoms with Gasteiger partial charge in [0.25, 0.3) is 0 Å². The van der Waals surface area contributed by atoms with E-state index in [2.05, 4.69) is 10.6 Å². The molecule has 0 aromatic carbocycles. The first-order valence-electron chi connectivity index (χ1n) is 7.38. The number of amides is 2. The van der Waals surface area contributed by atoms with E-state index in [0.717, 1.165) is 5.76 Å². The van der Waals surface area contributed by atoms with Crippen LogP contribution in [-0.2, 0) is 5.60 Å². The molecule has 2 rings (SSSR count). The minimum Gasteiger partial charge on any atom is -0.468 e. The number of furan rings is 2. The third-order valence-electron chi connectivity index (χ3n) is 3.60. The number of carbonyl (C=O) groups is 1. The van der Waals surface area contributed by atoms with Crippen molar-refractivity contribution in [3.05, 3.63) is 48.3 Å². The number of hydrogen-bond acceptors (Lipinski definition) is 5.